The molecule has 0 radical (unpaired) electrons. The predicted molar refractivity (Wildman–Crippen MR) is 63.3 cm³/mol. The maximum absolute atomic E-state index is 13.3. The first kappa shape index (κ1) is 14.4. The molecule has 20 heavy (non-hydrogen) atoms. The fourth-order valence-corrected chi connectivity index (χ4v) is 1.89. The lowest BCUT2D eigenvalue weighted by atomic mass is 10.0. The van der Waals surface area contributed by atoms with Gasteiger partial charge in [0.25, 0.3) is 0 Å². The van der Waals surface area contributed by atoms with Gasteiger partial charge in [-0.15, -0.1) is 0 Å². The number of hydrogen-bond acceptors (Lipinski definition) is 3. The van der Waals surface area contributed by atoms with E-state index < -0.39 is 23.6 Å². The number of aromatic amines is 1. The van der Waals surface area contributed by atoms with E-state index >= 15 is 0 Å². The third kappa shape index (κ3) is 2.96. The van der Waals surface area contributed by atoms with Crippen LogP contribution in [0.4, 0.5) is 17.6 Å². The lowest BCUT2D eigenvalue weighted by molar-refractivity contribution is -0.140. The molecule has 0 amide bonds. The fourth-order valence-electron chi connectivity index (χ4n) is 1.89. The molecule has 1 atom stereocenters. The van der Waals surface area contributed by atoms with Gasteiger partial charge in [-0.25, -0.2) is 4.39 Å². The van der Waals surface area contributed by atoms with Crippen molar-refractivity contribution in [3.63, 3.8) is 0 Å². The summed E-state index contributed by atoms with van der Waals surface area (Å²) in [5.41, 5.74) is -0.581. The standard InChI is InChI=1S/C12H12F4N4/c1-2-17-11(10-6-18-20-19-10)7-3-4-9(13)8(5-7)12(14,15)16/h3-6,11,17H,2H2,1H3,(H,18,19,20). The van der Waals surface area contributed by atoms with Crippen LogP contribution in [0.3, 0.4) is 0 Å². The average molecular weight is 288 g/mol. The van der Waals surface area contributed by atoms with Gasteiger partial charge in [0.05, 0.1) is 17.8 Å². The monoisotopic (exact) mass is 288 g/mol. The molecule has 1 aromatic heterocycles. The van der Waals surface area contributed by atoms with Crippen LogP contribution in [0.25, 0.3) is 0 Å². The minimum Gasteiger partial charge on any atom is -0.305 e. The van der Waals surface area contributed by atoms with Gasteiger partial charge in [-0.05, 0) is 24.2 Å². The van der Waals surface area contributed by atoms with Crippen molar-refractivity contribution in [3.05, 3.63) is 47.0 Å². The number of nitrogens with zero attached hydrogens (tertiary/aromatic N) is 2. The molecule has 1 aromatic carbocycles. The topological polar surface area (TPSA) is 53.6 Å². The highest BCUT2D eigenvalue weighted by molar-refractivity contribution is 5.33. The van der Waals surface area contributed by atoms with Crippen molar-refractivity contribution in [2.24, 2.45) is 0 Å². The van der Waals surface area contributed by atoms with E-state index in [2.05, 4.69) is 20.7 Å². The minimum atomic E-state index is -4.74. The summed E-state index contributed by atoms with van der Waals surface area (Å²) in [5.74, 6) is -1.29. The van der Waals surface area contributed by atoms with Crippen molar-refractivity contribution in [2.45, 2.75) is 19.1 Å². The van der Waals surface area contributed by atoms with Crippen LogP contribution in [-0.2, 0) is 6.18 Å². The normalized spacial score (nSPS) is 13.4. The van der Waals surface area contributed by atoms with Crippen LogP contribution in [0, 0.1) is 5.82 Å². The van der Waals surface area contributed by atoms with Crippen LogP contribution in [0.5, 0.6) is 0 Å². The number of rotatable bonds is 4. The number of hydrogen-bond donors (Lipinski definition) is 2. The number of nitrogens with one attached hydrogen (secondary N) is 2. The summed E-state index contributed by atoms with van der Waals surface area (Å²) in [4.78, 5) is 0. The number of benzene rings is 1. The summed E-state index contributed by atoms with van der Waals surface area (Å²) >= 11 is 0. The van der Waals surface area contributed by atoms with Crippen molar-refractivity contribution in [3.8, 4) is 0 Å². The van der Waals surface area contributed by atoms with Crippen molar-refractivity contribution in [2.75, 3.05) is 6.54 Å². The first-order chi connectivity index (χ1) is 9.43. The van der Waals surface area contributed by atoms with Crippen LogP contribution in [0.15, 0.2) is 24.4 Å². The Morgan fingerprint density at radius 2 is 2.10 bits per heavy atom. The van der Waals surface area contributed by atoms with E-state index in [-0.39, 0.29) is 5.56 Å². The molecule has 4 nitrogen and oxygen atoms in total. The second-order valence-electron chi connectivity index (χ2n) is 4.12. The van der Waals surface area contributed by atoms with Gasteiger partial charge in [-0.2, -0.15) is 28.6 Å². The van der Waals surface area contributed by atoms with Crippen LogP contribution >= 0.6 is 0 Å². The van der Waals surface area contributed by atoms with Crippen molar-refractivity contribution in [1.82, 2.24) is 20.7 Å². The molecule has 108 valence electrons. The zero-order valence-corrected chi connectivity index (χ0v) is 10.5. The predicted octanol–water partition coefficient (Wildman–Crippen LogP) is 2.66. The minimum absolute atomic E-state index is 0.273. The molecule has 1 unspecified atom stereocenters. The maximum Gasteiger partial charge on any atom is 0.419 e. The zero-order chi connectivity index (χ0) is 14.8. The smallest absolute Gasteiger partial charge is 0.305 e. The Balaban J connectivity index is 2.45. The molecule has 2 N–H and O–H groups in total. The molecule has 1 heterocycles. The number of H-pyrrole nitrogens is 1. The van der Waals surface area contributed by atoms with Gasteiger partial charge in [0.15, 0.2) is 0 Å². The molecule has 0 bridgehead atoms. The van der Waals surface area contributed by atoms with Gasteiger partial charge < -0.3 is 5.32 Å². The van der Waals surface area contributed by atoms with Gasteiger partial charge in [0.2, 0.25) is 0 Å². The van der Waals surface area contributed by atoms with E-state index in [1.165, 1.54) is 12.3 Å². The van der Waals surface area contributed by atoms with Crippen LogP contribution in [-0.4, -0.2) is 22.0 Å². The van der Waals surface area contributed by atoms with Crippen molar-refractivity contribution < 1.29 is 17.6 Å². The summed E-state index contributed by atoms with van der Waals surface area (Å²) in [6.45, 7) is 2.32. The summed E-state index contributed by atoms with van der Waals surface area (Å²) < 4.78 is 51.5. The van der Waals surface area contributed by atoms with Crippen LogP contribution in [0.2, 0.25) is 0 Å². The first-order valence-electron chi connectivity index (χ1n) is 5.89. The second kappa shape index (κ2) is 5.58. The Morgan fingerprint density at radius 1 is 1.35 bits per heavy atom. The highest BCUT2D eigenvalue weighted by Gasteiger charge is 2.35. The first-order valence-corrected chi connectivity index (χ1v) is 5.89. The summed E-state index contributed by atoms with van der Waals surface area (Å²) in [6, 6.07) is 2.31. The third-order valence-corrected chi connectivity index (χ3v) is 2.77. The number of aromatic nitrogens is 3. The summed E-state index contributed by atoms with van der Waals surface area (Å²) in [7, 11) is 0. The SMILES string of the molecule is CCNC(c1ccc(F)c(C(F)(F)F)c1)c1cn[nH]n1. The van der Waals surface area contributed by atoms with Gasteiger partial charge in [0.1, 0.15) is 11.5 Å². The summed E-state index contributed by atoms with van der Waals surface area (Å²) in [6.07, 6.45) is -3.33. The Morgan fingerprint density at radius 3 is 2.65 bits per heavy atom. The Kier molecular flexibility index (Phi) is 4.03. The third-order valence-electron chi connectivity index (χ3n) is 2.77. The van der Waals surface area contributed by atoms with E-state index in [9.17, 15) is 17.6 Å². The zero-order valence-electron chi connectivity index (χ0n) is 10.5. The van der Waals surface area contributed by atoms with Crippen LogP contribution < -0.4 is 5.32 Å². The average Bonchev–Trinajstić information content (AvgIpc) is 2.89. The van der Waals surface area contributed by atoms with E-state index in [0.717, 1.165) is 12.1 Å². The molecular weight excluding hydrogens is 276 g/mol. The maximum atomic E-state index is 13.3. The van der Waals surface area contributed by atoms with E-state index in [1.54, 1.807) is 6.92 Å². The molecule has 2 aromatic rings. The second-order valence-corrected chi connectivity index (χ2v) is 4.12. The lowest BCUT2D eigenvalue weighted by Gasteiger charge is -2.17. The Hall–Kier alpha value is -1.96. The van der Waals surface area contributed by atoms with Gasteiger partial charge in [-0.3, -0.25) is 0 Å². The quantitative estimate of drug-likeness (QED) is 0.850. The van der Waals surface area contributed by atoms with Crippen LogP contribution in [0.1, 0.15) is 29.8 Å². The Bertz CT molecular complexity index is 565. The Labute approximate surface area is 112 Å². The van der Waals surface area contributed by atoms with Gasteiger partial charge in [-0.1, -0.05) is 13.0 Å². The molecule has 0 saturated carbocycles. The van der Waals surface area contributed by atoms with Gasteiger partial charge in [0, 0.05) is 0 Å². The molecule has 8 heteroatoms. The highest BCUT2D eigenvalue weighted by Crippen LogP contribution is 2.33. The lowest BCUT2D eigenvalue weighted by Crippen LogP contribution is -2.23. The molecule has 0 aliphatic heterocycles. The molecule has 0 saturated heterocycles. The van der Waals surface area contributed by atoms with E-state index in [4.69, 9.17) is 0 Å². The fraction of sp³-hybridized carbons (Fsp3) is 0.333. The van der Waals surface area contributed by atoms with Gasteiger partial charge >= 0.3 is 6.18 Å². The largest absolute Gasteiger partial charge is 0.419 e. The molecule has 0 aliphatic rings. The molecule has 0 aliphatic carbocycles. The number of alkyl halides is 3. The highest BCUT2D eigenvalue weighted by atomic mass is 19.4. The molecule has 0 fully saturated rings. The van der Waals surface area contributed by atoms with E-state index in [0.29, 0.717) is 12.2 Å². The summed E-state index contributed by atoms with van der Waals surface area (Å²) in [5, 5.41) is 12.9. The molecule has 0 spiro atoms. The van der Waals surface area contributed by atoms with Crippen molar-refractivity contribution >= 4 is 0 Å². The van der Waals surface area contributed by atoms with Crippen molar-refractivity contribution in [1.29, 1.82) is 0 Å². The molecular formula is C12H12F4N4. The number of halogens is 4. The molecule has 2 rings (SSSR count). The van der Waals surface area contributed by atoms with E-state index in [1.807, 2.05) is 0 Å².